The van der Waals surface area contributed by atoms with E-state index in [0.29, 0.717) is 11.7 Å². The first kappa shape index (κ1) is 12.7. The summed E-state index contributed by atoms with van der Waals surface area (Å²) in [5.74, 6) is 0.968. The summed E-state index contributed by atoms with van der Waals surface area (Å²) >= 11 is 0. The van der Waals surface area contributed by atoms with Gasteiger partial charge in [0.1, 0.15) is 5.78 Å². The van der Waals surface area contributed by atoms with E-state index in [0.717, 1.165) is 38.9 Å². The Labute approximate surface area is 93.4 Å². The normalized spacial score (nSPS) is 20.7. The molecule has 0 aromatic heterocycles. The first-order valence-corrected chi connectivity index (χ1v) is 6.42. The number of rotatable bonds is 8. The maximum absolute atomic E-state index is 11.6. The van der Waals surface area contributed by atoms with E-state index in [-0.39, 0.29) is 0 Å². The Morgan fingerprint density at radius 3 is 2.73 bits per heavy atom. The van der Waals surface area contributed by atoms with Crippen molar-refractivity contribution in [2.45, 2.75) is 58.3 Å². The van der Waals surface area contributed by atoms with Crippen LogP contribution in [0.15, 0.2) is 0 Å². The Balaban J connectivity index is 1.93. The number of Topliss-reactive ketones (excluding diaryl/α,β-unsaturated/α-hetero) is 1. The zero-order valence-electron chi connectivity index (χ0n) is 9.96. The number of carbonyl (C=O) groups excluding carboxylic acids is 1. The molecule has 0 bridgehead atoms. The highest BCUT2D eigenvalue weighted by atomic mass is 16.5. The van der Waals surface area contributed by atoms with E-state index in [4.69, 9.17) is 4.74 Å². The summed E-state index contributed by atoms with van der Waals surface area (Å²) in [6, 6.07) is 0. The predicted octanol–water partition coefficient (Wildman–Crippen LogP) is 3.34. The van der Waals surface area contributed by atoms with Gasteiger partial charge in [-0.2, -0.15) is 0 Å². The average Bonchev–Trinajstić information content (AvgIpc) is 2.70. The van der Waals surface area contributed by atoms with Crippen molar-refractivity contribution in [2.24, 2.45) is 5.92 Å². The molecule has 1 unspecified atom stereocenters. The topological polar surface area (TPSA) is 26.3 Å². The third-order valence-electron chi connectivity index (χ3n) is 3.10. The molecular weight excluding hydrogens is 188 g/mol. The largest absolute Gasteiger partial charge is 0.381 e. The maximum atomic E-state index is 11.6. The number of unbranched alkanes of at least 4 members (excludes halogenated alkanes) is 4. The molecule has 2 nitrogen and oxygen atoms in total. The Hall–Kier alpha value is -0.370. The fraction of sp³-hybridized carbons (Fsp3) is 0.923. The second-order valence-corrected chi connectivity index (χ2v) is 4.64. The zero-order valence-corrected chi connectivity index (χ0v) is 9.96. The van der Waals surface area contributed by atoms with Gasteiger partial charge in [-0.3, -0.25) is 4.79 Å². The number of hydrogen-bond acceptors (Lipinski definition) is 2. The molecule has 88 valence electrons. The zero-order chi connectivity index (χ0) is 10.9. The lowest BCUT2D eigenvalue weighted by Gasteiger charge is -2.05. The quantitative estimate of drug-likeness (QED) is 0.577. The molecule has 1 aliphatic rings. The third-order valence-corrected chi connectivity index (χ3v) is 3.10. The summed E-state index contributed by atoms with van der Waals surface area (Å²) in [5.41, 5.74) is 0. The lowest BCUT2D eigenvalue weighted by Crippen LogP contribution is -2.08. The first-order valence-electron chi connectivity index (χ1n) is 6.42. The molecule has 0 aliphatic carbocycles. The lowest BCUT2D eigenvalue weighted by atomic mass is 9.98. The Kier molecular flexibility index (Phi) is 6.66. The van der Waals surface area contributed by atoms with Gasteiger partial charge in [0.15, 0.2) is 0 Å². The second kappa shape index (κ2) is 7.86. The smallest absolute Gasteiger partial charge is 0.133 e. The van der Waals surface area contributed by atoms with Crippen LogP contribution in [0.1, 0.15) is 58.3 Å². The molecule has 1 heterocycles. The molecule has 0 aromatic carbocycles. The van der Waals surface area contributed by atoms with E-state index in [9.17, 15) is 4.79 Å². The van der Waals surface area contributed by atoms with Gasteiger partial charge in [-0.05, 0) is 18.8 Å². The van der Waals surface area contributed by atoms with Crippen molar-refractivity contribution in [2.75, 3.05) is 13.2 Å². The Morgan fingerprint density at radius 2 is 2.07 bits per heavy atom. The van der Waals surface area contributed by atoms with Gasteiger partial charge < -0.3 is 4.74 Å². The fourth-order valence-corrected chi connectivity index (χ4v) is 2.09. The second-order valence-electron chi connectivity index (χ2n) is 4.64. The molecule has 0 radical (unpaired) electrons. The minimum Gasteiger partial charge on any atom is -0.381 e. The molecule has 1 saturated heterocycles. The molecule has 0 N–H and O–H groups in total. The van der Waals surface area contributed by atoms with Gasteiger partial charge >= 0.3 is 0 Å². The third kappa shape index (κ3) is 5.93. The summed E-state index contributed by atoms with van der Waals surface area (Å²) in [4.78, 5) is 11.6. The van der Waals surface area contributed by atoms with E-state index in [1.807, 2.05) is 0 Å². The van der Waals surface area contributed by atoms with E-state index in [2.05, 4.69) is 6.92 Å². The van der Waals surface area contributed by atoms with Crippen LogP contribution in [0.3, 0.4) is 0 Å². The lowest BCUT2D eigenvalue weighted by molar-refractivity contribution is -0.120. The molecule has 1 aliphatic heterocycles. The van der Waals surface area contributed by atoms with Crippen molar-refractivity contribution in [3.05, 3.63) is 0 Å². The van der Waals surface area contributed by atoms with Crippen LogP contribution in [0.25, 0.3) is 0 Å². The van der Waals surface area contributed by atoms with Crippen LogP contribution in [-0.4, -0.2) is 19.0 Å². The van der Waals surface area contributed by atoms with Crippen LogP contribution >= 0.6 is 0 Å². The highest BCUT2D eigenvalue weighted by molar-refractivity contribution is 5.78. The van der Waals surface area contributed by atoms with Crippen molar-refractivity contribution in [1.29, 1.82) is 0 Å². The molecule has 1 rings (SSSR count). The fourth-order valence-electron chi connectivity index (χ4n) is 2.09. The van der Waals surface area contributed by atoms with Gasteiger partial charge in [0, 0.05) is 26.1 Å². The minimum absolute atomic E-state index is 0.446. The SMILES string of the molecule is CCCCCCCC(=O)CC1CCOC1. The Bertz CT molecular complexity index is 171. The molecule has 1 fully saturated rings. The molecule has 0 aromatic rings. The molecule has 0 spiro atoms. The van der Waals surface area contributed by atoms with Crippen LogP contribution in [-0.2, 0) is 9.53 Å². The standard InChI is InChI=1S/C13H24O2/c1-2-3-4-5-6-7-13(14)10-12-8-9-15-11-12/h12H,2-11H2,1H3. The van der Waals surface area contributed by atoms with E-state index >= 15 is 0 Å². The van der Waals surface area contributed by atoms with Crippen LogP contribution in [0.2, 0.25) is 0 Å². The van der Waals surface area contributed by atoms with Gasteiger partial charge in [0.2, 0.25) is 0 Å². The molecule has 2 heteroatoms. The van der Waals surface area contributed by atoms with E-state index < -0.39 is 0 Å². The van der Waals surface area contributed by atoms with Gasteiger partial charge in [-0.15, -0.1) is 0 Å². The minimum atomic E-state index is 0.446. The first-order chi connectivity index (χ1) is 7.33. The molecule has 0 amide bonds. The Morgan fingerprint density at radius 1 is 1.27 bits per heavy atom. The van der Waals surface area contributed by atoms with Crippen LogP contribution in [0, 0.1) is 5.92 Å². The van der Waals surface area contributed by atoms with Crippen molar-refractivity contribution < 1.29 is 9.53 Å². The highest BCUT2D eigenvalue weighted by Gasteiger charge is 2.18. The summed E-state index contributed by atoms with van der Waals surface area (Å²) in [7, 11) is 0. The van der Waals surface area contributed by atoms with Gasteiger partial charge in [-0.25, -0.2) is 0 Å². The summed E-state index contributed by atoms with van der Waals surface area (Å²) in [5, 5.41) is 0. The molecule has 15 heavy (non-hydrogen) atoms. The molecule has 0 saturated carbocycles. The van der Waals surface area contributed by atoms with E-state index in [1.165, 1.54) is 25.7 Å². The number of ether oxygens (including phenoxy) is 1. The predicted molar refractivity (Wildman–Crippen MR) is 61.9 cm³/mol. The van der Waals surface area contributed by atoms with Crippen LogP contribution < -0.4 is 0 Å². The number of ketones is 1. The summed E-state index contributed by atoms with van der Waals surface area (Å²) in [6.45, 7) is 3.88. The molecular formula is C13H24O2. The summed E-state index contributed by atoms with van der Waals surface area (Å²) in [6.07, 6.45) is 8.82. The molecule has 1 atom stereocenters. The summed E-state index contributed by atoms with van der Waals surface area (Å²) < 4.78 is 5.26. The average molecular weight is 212 g/mol. The van der Waals surface area contributed by atoms with Gasteiger partial charge in [0.25, 0.3) is 0 Å². The van der Waals surface area contributed by atoms with Crippen molar-refractivity contribution in [3.63, 3.8) is 0 Å². The van der Waals surface area contributed by atoms with Crippen LogP contribution in [0.5, 0.6) is 0 Å². The van der Waals surface area contributed by atoms with E-state index in [1.54, 1.807) is 0 Å². The van der Waals surface area contributed by atoms with Crippen molar-refractivity contribution in [1.82, 2.24) is 0 Å². The maximum Gasteiger partial charge on any atom is 0.133 e. The number of carbonyl (C=O) groups is 1. The van der Waals surface area contributed by atoms with Crippen molar-refractivity contribution in [3.8, 4) is 0 Å². The monoisotopic (exact) mass is 212 g/mol. The number of hydrogen-bond donors (Lipinski definition) is 0. The van der Waals surface area contributed by atoms with Gasteiger partial charge in [-0.1, -0.05) is 32.6 Å². The highest BCUT2D eigenvalue weighted by Crippen LogP contribution is 2.18. The van der Waals surface area contributed by atoms with Crippen molar-refractivity contribution >= 4 is 5.78 Å². The van der Waals surface area contributed by atoms with Crippen LogP contribution in [0.4, 0.5) is 0 Å². The van der Waals surface area contributed by atoms with Gasteiger partial charge in [0.05, 0.1) is 0 Å².